The molecule has 1 aliphatic rings. The molecule has 7 nitrogen and oxygen atoms in total. The summed E-state index contributed by atoms with van der Waals surface area (Å²) in [7, 11) is 0. The van der Waals surface area contributed by atoms with Crippen molar-refractivity contribution in [2.75, 3.05) is 13.2 Å². The van der Waals surface area contributed by atoms with Gasteiger partial charge in [0, 0.05) is 5.02 Å². The number of carbonyl (C=O) groups is 1. The predicted octanol–water partition coefficient (Wildman–Crippen LogP) is 11.0. The second-order valence-electron chi connectivity index (χ2n) is 15.6. The lowest BCUT2D eigenvalue weighted by molar-refractivity contribution is -0.275. The summed E-state index contributed by atoms with van der Waals surface area (Å²) in [5, 5.41) is 0.603. The summed E-state index contributed by atoms with van der Waals surface area (Å²) in [6, 6.07) is 53.2. The van der Waals surface area contributed by atoms with E-state index in [4.69, 9.17) is 40.0 Å². The molecule has 1 fully saturated rings. The average Bonchev–Trinajstić information content (AvgIpc) is 3.29. The summed E-state index contributed by atoms with van der Waals surface area (Å²) in [6.45, 7) is 5.35. The molecule has 0 saturated carbocycles. The molecule has 5 atom stereocenters. The third-order valence-electron chi connectivity index (χ3n) is 10.9. The molecule has 0 aromatic heterocycles. The number of halogens is 1. The zero-order chi connectivity index (χ0) is 42.2. The smallest absolute Gasteiger partial charge is 0.155 e. The van der Waals surface area contributed by atoms with Crippen LogP contribution < -0.4 is 0 Å². The van der Waals surface area contributed by atoms with Crippen LogP contribution in [0, 0.1) is 0 Å². The summed E-state index contributed by atoms with van der Waals surface area (Å²) in [5.74, 6) is -0.0683. The number of benzene rings is 6. The topological polar surface area (TPSA) is 72.5 Å². The van der Waals surface area contributed by atoms with Gasteiger partial charge in [-0.15, -0.1) is 0 Å². The van der Waals surface area contributed by atoms with E-state index in [1.54, 1.807) is 0 Å². The Kier molecular flexibility index (Phi) is 16.5. The highest BCUT2D eigenvalue weighted by atomic mass is 35.5. The molecule has 0 aliphatic carbocycles. The minimum absolute atomic E-state index is 0.0315. The summed E-state index contributed by atoms with van der Waals surface area (Å²) in [4.78, 5) is 12.1. The molecular formula is C53H55ClO7. The fourth-order valence-corrected chi connectivity index (χ4v) is 7.91. The normalized spacial score (nSPS) is 18.8. The minimum Gasteiger partial charge on any atom is -0.374 e. The van der Waals surface area contributed by atoms with Crippen molar-refractivity contribution in [3.63, 3.8) is 0 Å². The van der Waals surface area contributed by atoms with Gasteiger partial charge in [-0.05, 0) is 75.9 Å². The quantitative estimate of drug-likeness (QED) is 0.0715. The lowest BCUT2D eigenvalue weighted by Crippen LogP contribution is -2.58. The van der Waals surface area contributed by atoms with Gasteiger partial charge in [-0.1, -0.05) is 170 Å². The standard InChI is InChI=1S/C53H55ClO7/c1-3-39-24-26-40(27-25-39)28-45-29-47(46(30-48(45)54)36-56-31-38(2)55)50-52(59-34-43-20-12-6-13-21-43)53(60-35-44-22-14-7-15-23-44)51(58-33-42-18-10-5-11-19-42)49(61-50)37-57-32-41-16-8-4-9-17-41/h4-27,29-30,49-53H,3,28,31-37H2,1-2H3. The van der Waals surface area contributed by atoms with E-state index in [0.717, 1.165) is 50.9 Å². The van der Waals surface area contributed by atoms with Gasteiger partial charge >= 0.3 is 0 Å². The number of carbonyl (C=O) groups excluding carboxylic acids is 1. The molecule has 0 N–H and O–H groups in total. The van der Waals surface area contributed by atoms with Crippen molar-refractivity contribution >= 4 is 17.4 Å². The first kappa shape index (κ1) is 44.1. The molecule has 6 aromatic rings. The molecule has 8 heteroatoms. The summed E-state index contributed by atoms with van der Waals surface area (Å²) in [6.07, 6.45) is -1.58. The lowest BCUT2D eigenvalue weighted by Gasteiger charge is -2.47. The Labute approximate surface area is 365 Å². The van der Waals surface area contributed by atoms with Crippen molar-refractivity contribution in [3.05, 3.63) is 213 Å². The molecule has 5 unspecified atom stereocenters. The van der Waals surface area contributed by atoms with Crippen LogP contribution in [0.3, 0.4) is 0 Å². The SMILES string of the molecule is CCc1ccc(Cc2cc(C3OC(COCc4ccccc4)C(OCc4ccccc4)C(OCc4ccccc4)C3OCc3ccccc3)c(COCC(C)=O)cc2Cl)cc1. The molecule has 316 valence electrons. The van der Waals surface area contributed by atoms with E-state index >= 15 is 0 Å². The van der Waals surface area contributed by atoms with Gasteiger partial charge in [0.1, 0.15) is 37.1 Å². The highest BCUT2D eigenvalue weighted by molar-refractivity contribution is 6.31. The van der Waals surface area contributed by atoms with Crippen LogP contribution in [0.1, 0.15) is 70.0 Å². The fourth-order valence-electron chi connectivity index (χ4n) is 7.66. The average molecular weight is 839 g/mol. The van der Waals surface area contributed by atoms with Crippen LogP contribution in [0.15, 0.2) is 158 Å². The molecule has 7 rings (SSSR count). The van der Waals surface area contributed by atoms with Gasteiger partial charge in [0.2, 0.25) is 0 Å². The second kappa shape index (κ2) is 22.8. The Morgan fingerprint density at radius 3 is 1.56 bits per heavy atom. The van der Waals surface area contributed by atoms with Gasteiger partial charge in [0.05, 0.1) is 39.6 Å². The summed E-state index contributed by atoms with van der Waals surface area (Å²) in [5.41, 5.74) is 9.09. The molecular weight excluding hydrogens is 784 g/mol. The highest BCUT2D eigenvalue weighted by Crippen LogP contribution is 2.41. The van der Waals surface area contributed by atoms with E-state index in [1.165, 1.54) is 12.5 Å². The molecule has 0 spiro atoms. The Bertz CT molecular complexity index is 2220. The maximum atomic E-state index is 12.1. The van der Waals surface area contributed by atoms with Crippen LogP contribution in [0.4, 0.5) is 0 Å². The van der Waals surface area contributed by atoms with Crippen LogP contribution in [-0.4, -0.2) is 43.4 Å². The summed E-state index contributed by atoms with van der Waals surface area (Å²) >= 11 is 7.13. The first-order chi connectivity index (χ1) is 29.9. The molecule has 1 aliphatic heterocycles. The van der Waals surface area contributed by atoms with E-state index in [9.17, 15) is 4.79 Å². The Hall–Kier alpha value is -4.96. The van der Waals surface area contributed by atoms with E-state index in [-0.39, 0.29) is 25.6 Å². The maximum absolute atomic E-state index is 12.1. The van der Waals surface area contributed by atoms with E-state index in [0.29, 0.717) is 37.9 Å². The van der Waals surface area contributed by atoms with E-state index < -0.39 is 30.5 Å². The number of Topliss-reactive ketones (excluding diaryl/α,β-unsaturated/α-hetero) is 1. The van der Waals surface area contributed by atoms with Crippen LogP contribution in [0.25, 0.3) is 0 Å². The fraction of sp³-hybridized carbons (Fsp3) is 0.302. The highest BCUT2D eigenvalue weighted by Gasteiger charge is 2.49. The molecule has 0 bridgehead atoms. The van der Waals surface area contributed by atoms with Crippen molar-refractivity contribution in [3.8, 4) is 0 Å². The number of ether oxygens (including phenoxy) is 6. The number of hydrogen-bond acceptors (Lipinski definition) is 7. The zero-order valence-electron chi connectivity index (χ0n) is 35.0. The van der Waals surface area contributed by atoms with Gasteiger partial charge in [-0.2, -0.15) is 0 Å². The van der Waals surface area contributed by atoms with Gasteiger partial charge in [-0.25, -0.2) is 0 Å². The van der Waals surface area contributed by atoms with Crippen LogP contribution in [0.2, 0.25) is 5.02 Å². The van der Waals surface area contributed by atoms with Gasteiger partial charge < -0.3 is 28.4 Å². The zero-order valence-corrected chi connectivity index (χ0v) is 35.8. The molecule has 61 heavy (non-hydrogen) atoms. The maximum Gasteiger partial charge on any atom is 0.155 e. The number of rotatable bonds is 21. The number of aryl methyl sites for hydroxylation is 1. The Morgan fingerprint density at radius 2 is 1.03 bits per heavy atom. The second-order valence-corrected chi connectivity index (χ2v) is 16.0. The lowest BCUT2D eigenvalue weighted by atomic mass is 9.87. The van der Waals surface area contributed by atoms with E-state index in [1.807, 2.05) is 103 Å². The van der Waals surface area contributed by atoms with Crippen molar-refractivity contribution in [1.82, 2.24) is 0 Å². The van der Waals surface area contributed by atoms with Crippen molar-refractivity contribution < 1.29 is 33.2 Å². The minimum atomic E-state index is -0.680. The Balaban J connectivity index is 1.32. The van der Waals surface area contributed by atoms with Crippen molar-refractivity contribution in [1.29, 1.82) is 0 Å². The first-order valence-corrected chi connectivity index (χ1v) is 21.5. The van der Waals surface area contributed by atoms with Crippen LogP contribution >= 0.6 is 11.6 Å². The van der Waals surface area contributed by atoms with Crippen LogP contribution in [-0.2, 0) is 79.1 Å². The molecule has 1 heterocycles. The number of hydrogen-bond donors (Lipinski definition) is 0. The largest absolute Gasteiger partial charge is 0.374 e. The Morgan fingerprint density at radius 1 is 0.541 bits per heavy atom. The molecule has 0 amide bonds. The number of ketones is 1. The van der Waals surface area contributed by atoms with Gasteiger partial charge in [-0.3, -0.25) is 4.79 Å². The third-order valence-corrected chi connectivity index (χ3v) is 11.2. The van der Waals surface area contributed by atoms with Gasteiger partial charge in [0.25, 0.3) is 0 Å². The molecule has 6 aromatic carbocycles. The van der Waals surface area contributed by atoms with E-state index in [2.05, 4.69) is 61.5 Å². The van der Waals surface area contributed by atoms with Crippen LogP contribution in [0.5, 0.6) is 0 Å². The monoisotopic (exact) mass is 838 g/mol. The van der Waals surface area contributed by atoms with Gasteiger partial charge in [0.15, 0.2) is 5.78 Å². The predicted molar refractivity (Wildman–Crippen MR) is 239 cm³/mol. The van der Waals surface area contributed by atoms with Crippen molar-refractivity contribution in [2.24, 2.45) is 0 Å². The third kappa shape index (κ3) is 12.8. The summed E-state index contributed by atoms with van der Waals surface area (Å²) < 4.78 is 40.8. The van der Waals surface area contributed by atoms with Crippen molar-refractivity contribution in [2.45, 2.75) is 90.2 Å². The molecule has 0 radical (unpaired) electrons. The first-order valence-electron chi connectivity index (χ1n) is 21.1. The molecule has 1 saturated heterocycles.